The molecule has 1 aromatic heterocycles. The normalized spacial score (nSPS) is 10.6. The van der Waals surface area contributed by atoms with Gasteiger partial charge in [-0.2, -0.15) is 0 Å². The molecule has 3 rings (SSSR count). The van der Waals surface area contributed by atoms with Gasteiger partial charge in [0.2, 0.25) is 5.91 Å². The average molecular weight is 535 g/mol. The fourth-order valence-corrected chi connectivity index (χ4v) is 3.85. The van der Waals surface area contributed by atoms with Crippen LogP contribution in [0.25, 0.3) is 11.3 Å². The van der Waals surface area contributed by atoms with E-state index in [4.69, 9.17) is 10.1 Å². The number of likely N-dealkylation sites (N-methyl/N-ethyl adjacent to an activating group) is 2. The molecular weight excluding hydrogens is 499 g/mol. The van der Waals surface area contributed by atoms with Gasteiger partial charge >= 0.3 is 0 Å². The van der Waals surface area contributed by atoms with E-state index in [-0.39, 0.29) is 17.1 Å². The molecule has 0 aliphatic rings. The van der Waals surface area contributed by atoms with E-state index in [1.165, 1.54) is 19.7 Å². The number of hydrogen-bond donors (Lipinski definition) is 4. The van der Waals surface area contributed by atoms with Crippen molar-refractivity contribution in [3.63, 3.8) is 0 Å². The Balaban J connectivity index is 2.03. The van der Waals surface area contributed by atoms with Crippen molar-refractivity contribution >= 4 is 40.7 Å². The third-order valence-electron chi connectivity index (χ3n) is 6.33. The van der Waals surface area contributed by atoms with Gasteiger partial charge in [-0.25, -0.2) is 14.4 Å². The van der Waals surface area contributed by atoms with Gasteiger partial charge in [-0.3, -0.25) is 4.79 Å². The fraction of sp³-hybridized carbons (Fsp3) is 0.286. The van der Waals surface area contributed by atoms with Gasteiger partial charge in [0.1, 0.15) is 29.3 Å². The number of amides is 1. The van der Waals surface area contributed by atoms with E-state index in [2.05, 4.69) is 44.3 Å². The Hall–Kier alpha value is -4.51. The standard InChI is InChI=1S/C28H35FN8O2/c1-7-25(38)35-27-22(37(5)12-11-36(4)8-2)15-23(39-6)28(26(27)29)34-24-14-21(32-17-33-24)18-9-10-19(16-30)20(13-18)31-3/h7,9-10,13-17,30-31H,1,8,11-12H2,2-6H3,(H,35,38)(H,32,33,34). The van der Waals surface area contributed by atoms with Gasteiger partial charge in [-0.05, 0) is 25.7 Å². The van der Waals surface area contributed by atoms with E-state index in [0.717, 1.165) is 36.0 Å². The molecule has 2 aromatic carbocycles. The molecule has 0 saturated carbocycles. The monoisotopic (exact) mass is 534 g/mol. The maximum Gasteiger partial charge on any atom is 0.247 e. The van der Waals surface area contributed by atoms with Crippen LogP contribution < -0.4 is 25.6 Å². The number of nitrogens with zero attached hydrogens (tertiary/aromatic N) is 4. The first-order valence-corrected chi connectivity index (χ1v) is 12.4. The SMILES string of the molecule is C=CC(=O)Nc1c(N(C)CCN(C)CC)cc(OC)c(Nc2cc(-c3ccc(C=N)c(NC)c3)ncn2)c1F. The molecule has 1 amide bonds. The zero-order chi connectivity index (χ0) is 28.5. The van der Waals surface area contributed by atoms with E-state index in [1.807, 2.05) is 37.2 Å². The summed E-state index contributed by atoms with van der Waals surface area (Å²) in [5, 5.41) is 16.2. The van der Waals surface area contributed by atoms with Crippen LogP contribution in [-0.4, -0.2) is 74.9 Å². The summed E-state index contributed by atoms with van der Waals surface area (Å²) in [6.07, 6.45) is 3.73. The first-order chi connectivity index (χ1) is 18.8. The van der Waals surface area contributed by atoms with Crippen molar-refractivity contribution in [2.75, 3.05) is 68.7 Å². The minimum atomic E-state index is -0.705. The van der Waals surface area contributed by atoms with Crippen LogP contribution in [-0.2, 0) is 4.79 Å². The molecule has 4 N–H and O–H groups in total. The van der Waals surface area contributed by atoms with Gasteiger partial charge in [0.05, 0.1) is 18.5 Å². The van der Waals surface area contributed by atoms with Crippen LogP contribution in [0.1, 0.15) is 12.5 Å². The molecule has 0 aliphatic carbocycles. The predicted octanol–water partition coefficient (Wildman–Crippen LogP) is 4.59. The van der Waals surface area contributed by atoms with Crippen LogP contribution in [0.4, 0.5) is 33.0 Å². The number of benzene rings is 2. The summed E-state index contributed by atoms with van der Waals surface area (Å²) in [6, 6.07) is 8.89. The lowest BCUT2D eigenvalue weighted by atomic mass is 10.1. The Morgan fingerprint density at radius 3 is 2.59 bits per heavy atom. The summed E-state index contributed by atoms with van der Waals surface area (Å²) < 4.78 is 21.6. The number of hydrogen-bond acceptors (Lipinski definition) is 9. The quantitative estimate of drug-likeness (QED) is 0.186. The van der Waals surface area contributed by atoms with Gasteiger partial charge in [-0.1, -0.05) is 25.6 Å². The van der Waals surface area contributed by atoms with Crippen LogP contribution in [0, 0.1) is 11.2 Å². The summed E-state index contributed by atoms with van der Waals surface area (Å²) >= 11 is 0. The third-order valence-corrected chi connectivity index (χ3v) is 6.33. The topological polar surface area (TPSA) is 118 Å². The van der Waals surface area contributed by atoms with Crippen molar-refractivity contribution in [1.82, 2.24) is 14.9 Å². The highest BCUT2D eigenvalue weighted by Gasteiger charge is 2.23. The molecule has 0 atom stereocenters. The Morgan fingerprint density at radius 2 is 1.95 bits per heavy atom. The van der Waals surface area contributed by atoms with Crippen LogP contribution in [0.15, 0.2) is 49.3 Å². The van der Waals surface area contributed by atoms with Crippen molar-refractivity contribution < 1.29 is 13.9 Å². The van der Waals surface area contributed by atoms with Crippen molar-refractivity contribution in [2.45, 2.75) is 6.92 Å². The second kappa shape index (κ2) is 13.3. The lowest BCUT2D eigenvalue weighted by Gasteiger charge is -2.27. The molecule has 0 aliphatic heterocycles. The number of carbonyl (C=O) groups is 1. The van der Waals surface area contributed by atoms with Gasteiger partial charge in [-0.15, -0.1) is 0 Å². The summed E-state index contributed by atoms with van der Waals surface area (Å²) in [5.74, 6) is -0.680. The maximum atomic E-state index is 16.1. The maximum absolute atomic E-state index is 16.1. The Morgan fingerprint density at radius 1 is 1.18 bits per heavy atom. The van der Waals surface area contributed by atoms with Crippen molar-refractivity contribution in [3.05, 3.63) is 60.7 Å². The zero-order valence-electron chi connectivity index (χ0n) is 22.9. The Bertz CT molecular complexity index is 1350. The summed E-state index contributed by atoms with van der Waals surface area (Å²) in [5.41, 5.74) is 3.37. The van der Waals surface area contributed by atoms with Gasteiger partial charge < -0.3 is 35.9 Å². The Kier molecular flexibility index (Phi) is 9.93. The molecule has 1 heterocycles. The van der Waals surface area contributed by atoms with E-state index in [0.29, 0.717) is 23.7 Å². The lowest BCUT2D eigenvalue weighted by Crippen LogP contribution is -2.31. The number of anilines is 5. The van der Waals surface area contributed by atoms with Gasteiger partial charge in [0, 0.05) is 62.3 Å². The molecule has 0 saturated heterocycles. The Labute approximate surface area is 228 Å². The van der Waals surface area contributed by atoms with E-state index >= 15 is 4.39 Å². The number of ether oxygens (including phenoxy) is 1. The van der Waals surface area contributed by atoms with Crippen LogP contribution >= 0.6 is 0 Å². The number of carbonyl (C=O) groups excluding carboxylic acids is 1. The molecule has 0 bridgehead atoms. The fourth-order valence-electron chi connectivity index (χ4n) is 3.85. The number of nitrogens with one attached hydrogen (secondary N) is 4. The number of rotatable bonds is 13. The molecule has 11 heteroatoms. The largest absolute Gasteiger partial charge is 0.494 e. The molecule has 39 heavy (non-hydrogen) atoms. The number of halogens is 1. The van der Waals surface area contributed by atoms with Crippen molar-refractivity contribution in [1.29, 1.82) is 5.41 Å². The average Bonchev–Trinajstić information content (AvgIpc) is 2.97. The molecule has 0 spiro atoms. The highest BCUT2D eigenvalue weighted by atomic mass is 19.1. The first kappa shape index (κ1) is 29.1. The highest BCUT2D eigenvalue weighted by molar-refractivity contribution is 6.02. The molecule has 3 aromatic rings. The smallest absolute Gasteiger partial charge is 0.247 e. The minimum absolute atomic E-state index is 0.0000240. The van der Waals surface area contributed by atoms with E-state index in [9.17, 15) is 4.79 Å². The summed E-state index contributed by atoms with van der Waals surface area (Å²) in [7, 11) is 7.06. The zero-order valence-corrected chi connectivity index (χ0v) is 22.9. The van der Waals surface area contributed by atoms with Gasteiger partial charge in [0.15, 0.2) is 5.82 Å². The first-order valence-electron chi connectivity index (χ1n) is 12.4. The van der Waals surface area contributed by atoms with Crippen molar-refractivity contribution in [2.24, 2.45) is 0 Å². The highest BCUT2D eigenvalue weighted by Crippen LogP contribution is 2.41. The summed E-state index contributed by atoms with van der Waals surface area (Å²) in [6.45, 7) is 7.76. The molecule has 10 nitrogen and oxygen atoms in total. The molecule has 206 valence electrons. The molecule has 0 radical (unpaired) electrons. The predicted molar refractivity (Wildman–Crippen MR) is 156 cm³/mol. The van der Waals surface area contributed by atoms with Crippen molar-refractivity contribution in [3.8, 4) is 17.0 Å². The molecular formula is C28H35FN8O2. The second-order valence-corrected chi connectivity index (χ2v) is 8.78. The second-order valence-electron chi connectivity index (χ2n) is 8.78. The van der Waals surface area contributed by atoms with Crippen LogP contribution in [0.5, 0.6) is 5.75 Å². The van der Waals surface area contributed by atoms with Crippen LogP contribution in [0.3, 0.4) is 0 Å². The van der Waals surface area contributed by atoms with Gasteiger partial charge in [0.25, 0.3) is 0 Å². The summed E-state index contributed by atoms with van der Waals surface area (Å²) in [4.78, 5) is 24.8. The van der Waals surface area contributed by atoms with Crippen LogP contribution in [0.2, 0.25) is 0 Å². The lowest BCUT2D eigenvalue weighted by molar-refractivity contribution is -0.111. The molecule has 0 unspecified atom stereocenters. The number of methoxy groups -OCH3 is 1. The van der Waals surface area contributed by atoms with E-state index < -0.39 is 11.7 Å². The number of aromatic nitrogens is 2. The van der Waals surface area contributed by atoms with E-state index in [1.54, 1.807) is 19.2 Å². The molecule has 0 fully saturated rings. The minimum Gasteiger partial charge on any atom is -0.494 e. The third kappa shape index (κ3) is 6.88.